The Morgan fingerprint density at radius 1 is 1.30 bits per heavy atom. The number of amides is 1. The van der Waals surface area contributed by atoms with E-state index in [9.17, 15) is 9.18 Å². The molecule has 7 heteroatoms. The molecule has 6 nitrogen and oxygen atoms in total. The Bertz CT molecular complexity index is 602. The third-order valence-corrected chi connectivity index (χ3v) is 2.73. The highest BCUT2D eigenvalue weighted by atomic mass is 19.1. The molecule has 0 fully saturated rings. The third-order valence-electron chi connectivity index (χ3n) is 2.73. The average Bonchev–Trinajstić information content (AvgIpc) is 2.47. The zero-order chi connectivity index (χ0) is 14.5. The first-order chi connectivity index (χ1) is 9.60. The van der Waals surface area contributed by atoms with E-state index in [0.717, 1.165) is 5.56 Å². The van der Waals surface area contributed by atoms with Crippen LogP contribution in [0.5, 0.6) is 0 Å². The summed E-state index contributed by atoms with van der Waals surface area (Å²) in [6.45, 7) is 1.80. The maximum atomic E-state index is 12.8. The van der Waals surface area contributed by atoms with Crippen molar-refractivity contribution in [2.24, 2.45) is 5.84 Å². The fourth-order valence-electron chi connectivity index (χ4n) is 1.65. The first-order valence-electron chi connectivity index (χ1n) is 5.95. The molecule has 0 bridgehead atoms. The van der Waals surface area contributed by atoms with E-state index in [1.807, 2.05) is 0 Å². The second kappa shape index (κ2) is 6.07. The first kappa shape index (κ1) is 13.9. The van der Waals surface area contributed by atoms with Crippen LogP contribution in [0.3, 0.4) is 0 Å². The summed E-state index contributed by atoms with van der Waals surface area (Å²) in [5.74, 6) is 4.80. The van der Waals surface area contributed by atoms with Crippen LogP contribution in [0.1, 0.15) is 29.0 Å². The molecule has 1 atom stereocenters. The number of halogens is 1. The Kier molecular flexibility index (Phi) is 4.21. The van der Waals surface area contributed by atoms with Crippen molar-refractivity contribution in [2.45, 2.75) is 13.0 Å². The molecule has 0 aliphatic heterocycles. The number of nitrogens with two attached hydrogens (primary N) is 1. The number of rotatable bonds is 4. The quantitative estimate of drug-likeness (QED) is 0.579. The van der Waals surface area contributed by atoms with Gasteiger partial charge in [0.05, 0.1) is 18.4 Å². The summed E-state index contributed by atoms with van der Waals surface area (Å²) in [6.07, 6.45) is 2.74. The van der Waals surface area contributed by atoms with Gasteiger partial charge in [0.2, 0.25) is 0 Å². The summed E-state index contributed by atoms with van der Waals surface area (Å²) in [7, 11) is 0. The van der Waals surface area contributed by atoms with Crippen molar-refractivity contribution in [3.05, 3.63) is 53.7 Å². The Balaban J connectivity index is 2.08. The summed E-state index contributed by atoms with van der Waals surface area (Å²) in [6, 6.07) is 5.64. The van der Waals surface area contributed by atoms with Gasteiger partial charge in [0.15, 0.2) is 5.82 Å². The van der Waals surface area contributed by atoms with Gasteiger partial charge in [-0.15, -0.1) is 0 Å². The molecule has 1 amide bonds. The molecule has 20 heavy (non-hydrogen) atoms. The van der Waals surface area contributed by atoms with E-state index in [2.05, 4.69) is 20.7 Å². The molecule has 0 aliphatic rings. The molecule has 0 aliphatic carbocycles. The van der Waals surface area contributed by atoms with E-state index in [0.29, 0.717) is 5.82 Å². The minimum absolute atomic E-state index is 0.148. The number of anilines is 1. The fraction of sp³-hybridized carbons (Fsp3) is 0.154. The largest absolute Gasteiger partial charge is 0.344 e. The molecule has 1 aromatic carbocycles. The third kappa shape index (κ3) is 3.27. The number of hydrogen-bond acceptors (Lipinski definition) is 5. The molecule has 1 heterocycles. The molecule has 0 saturated carbocycles. The van der Waals surface area contributed by atoms with Crippen molar-refractivity contribution in [1.29, 1.82) is 0 Å². The molecule has 0 radical (unpaired) electrons. The Morgan fingerprint density at radius 3 is 2.65 bits per heavy atom. The highest BCUT2D eigenvalue weighted by Crippen LogP contribution is 2.13. The van der Waals surface area contributed by atoms with Crippen molar-refractivity contribution in [1.82, 2.24) is 15.3 Å². The van der Waals surface area contributed by atoms with Crippen molar-refractivity contribution < 1.29 is 9.18 Å². The number of carbonyl (C=O) groups excluding carboxylic acids is 1. The van der Waals surface area contributed by atoms with Crippen LogP contribution in [-0.2, 0) is 0 Å². The van der Waals surface area contributed by atoms with Gasteiger partial charge in [-0.25, -0.2) is 15.2 Å². The van der Waals surface area contributed by atoms with Crippen molar-refractivity contribution >= 4 is 11.7 Å². The van der Waals surface area contributed by atoms with Gasteiger partial charge in [0.25, 0.3) is 5.91 Å². The highest BCUT2D eigenvalue weighted by molar-refractivity contribution is 5.92. The van der Waals surface area contributed by atoms with Crippen LogP contribution in [0.2, 0.25) is 0 Å². The number of hydrogen-bond donors (Lipinski definition) is 3. The van der Waals surface area contributed by atoms with Crippen LogP contribution in [-0.4, -0.2) is 15.9 Å². The number of nitrogens with one attached hydrogen (secondary N) is 2. The van der Waals surface area contributed by atoms with Gasteiger partial charge >= 0.3 is 0 Å². The van der Waals surface area contributed by atoms with Gasteiger partial charge < -0.3 is 10.7 Å². The van der Waals surface area contributed by atoms with Crippen LogP contribution in [0, 0.1) is 5.82 Å². The van der Waals surface area contributed by atoms with E-state index in [1.54, 1.807) is 19.1 Å². The summed E-state index contributed by atoms with van der Waals surface area (Å²) in [4.78, 5) is 19.8. The topological polar surface area (TPSA) is 92.9 Å². The lowest BCUT2D eigenvalue weighted by Crippen LogP contribution is -2.28. The van der Waals surface area contributed by atoms with E-state index in [1.165, 1.54) is 24.5 Å². The lowest BCUT2D eigenvalue weighted by molar-refractivity contribution is 0.0934. The zero-order valence-corrected chi connectivity index (χ0v) is 10.8. The Hall–Kier alpha value is -2.54. The van der Waals surface area contributed by atoms with Gasteiger partial charge in [0.1, 0.15) is 11.5 Å². The van der Waals surface area contributed by atoms with Crippen molar-refractivity contribution in [2.75, 3.05) is 5.43 Å². The van der Waals surface area contributed by atoms with Crippen LogP contribution in [0.25, 0.3) is 0 Å². The van der Waals surface area contributed by atoms with Crippen molar-refractivity contribution in [3.63, 3.8) is 0 Å². The normalized spacial score (nSPS) is 11.8. The summed E-state index contributed by atoms with van der Waals surface area (Å²) < 4.78 is 12.8. The molecule has 0 spiro atoms. The fourth-order valence-corrected chi connectivity index (χ4v) is 1.65. The number of nitrogens with zero attached hydrogens (tertiary/aromatic N) is 2. The molecule has 1 aromatic heterocycles. The second-order valence-corrected chi connectivity index (χ2v) is 4.18. The van der Waals surface area contributed by atoms with E-state index >= 15 is 0 Å². The molecule has 2 aromatic rings. The molecule has 2 rings (SSSR count). The Labute approximate surface area is 115 Å². The molecule has 4 N–H and O–H groups in total. The lowest BCUT2D eigenvalue weighted by Gasteiger charge is -2.14. The monoisotopic (exact) mass is 275 g/mol. The molecular weight excluding hydrogens is 261 g/mol. The summed E-state index contributed by atoms with van der Waals surface area (Å²) in [5.41, 5.74) is 3.26. The summed E-state index contributed by atoms with van der Waals surface area (Å²) >= 11 is 0. The smallest absolute Gasteiger partial charge is 0.272 e. The van der Waals surface area contributed by atoms with Gasteiger partial charge in [0, 0.05) is 0 Å². The predicted molar refractivity (Wildman–Crippen MR) is 72.1 cm³/mol. The van der Waals surface area contributed by atoms with E-state index in [4.69, 9.17) is 5.84 Å². The number of carbonyl (C=O) groups is 1. The average molecular weight is 275 g/mol. The maximum absolute atomic E-state index is 12.8. The minimum atomic E-state index is -0.383. The number of nitrogen functional groups attached to an aromatic ring is 1. The molecule has 0 saturated heterocycles. The van der Waals surface area contributed by atoms with Crippen LogP contribution in [0.4, 0.5) is 10.2 Å². The second-order valence-electron chi connectivity index (χ2n) is 4.18. The lowest BCUT2D eigenvalue weighted by atomic mass is 10.1. The first-order valence-corrected chi connectivity index (χ1v) is 5.95. The minimum Gasteiger partial charge on any atom is -0.344 e. The zero-order valence-electron chi connectivity index (χ0n) is 10.8. The maximum Gasteiger partial charge on any atom is 0.272 e. The van der Waals surface area contributed by atoms with Gasteiger partial charge in [-0.05, 0) is 24.6 Å². The Morgan fingerprint density at radius 2 is 2.00 bits per heavy atom. The summed E-state index contributed by atoms with van der Waals surface area (Å²) in [5, 5.41) is 2.75. The molecular formula is C13H14FN5O. The van der Waals surface area contributed by atoms with Gasteiger partial charge in [-0.3, -0.25) is 9.78 Å². The number of aromatic nitrogens is 2. The van der Waals surface area contributed by atoms with E-state index in [-0.39, 0.29) is 23.5 Å². The predicted octanol–water partition coefficient (Wildman–Crippen LogP) is 1.39. The van der Waals surface area contributed by atoms with E-state index < -0.39 is 0 Å². The van der Waals surface area contributed by atoms with Crippen LogP contribution >= 0.6 is 0 Å². The van der Waals surface area contributed by atoms with Crippen molar-refractivity contribution in [3.8, 4) is 0 Å². The highest BCUT2D eigenvalue weighted by Gasteiger charge is 2.13. The van der Waals surface area contributed by atoms with Crippen LogP contribution < -0.4 is 16.6 Å². The van der Waals surface area contributed by atoms with Gasteiger partial charge in [-0.2, -0.15) is 0 Å². The van der Waals surface area contributed by atoms with Crippen LogP contribution in [0.15, 0.2) is 36.7 Å². The molecule has 104 valence electrons. The SMILES string of the molecule is CC(NC(=O)c1cncc(NN)n1)c1ccc(F)cc1. The molecule has 1 unspecified atom stereocenters. The number of benzene rings is 1. The van der Waals surface area contributed by atoms with Gasteiger partial charge in [-0.1, -0.05) is 12.1 Å². The number of hydrazine groups is 1. The standard InChI is InChI=1S/C13H14FN5O/c1-8(9-2-4-10(14)5-3-9)17-13(20)11-6-16-7-12(18-11)19-15/h2-8H,15H2,1H3,(H,17,20)(H,18,19).